The van der Waals surface area contributed by atoms with Crippen molar-refractivity contribution in [1.82, 2.24) is 19.5 Å². The van der Waals surface area contributed by atoms with Gasteiger partial charge in [-0.05, 0) is 0 Å². The van der Waals surface area contributed by atoms with Gasteiger partial charge >= 0.3 is 5.69 Å². The van der Waals surface area contributed by atoms with Crippen LogP contribution in [0, 0.1) is 0 Å². The summed E-state index contributed by atoms with van der Waals surface area (Å²) >= 11 is 0. The predicted octanol–water partition coefficient (Wildman–Crippen LogP) is -3.39. The highest BCUT2D eigenvalue weighted by Gasteiger charge is 2.44. The first-order valence-corrected chi connectivity index (χ1v) is 6.06. The Bertz CT molecular complexity index is 793. The second-order valence-electron chi connectivity index (χ2n) is 4.68. The molecule has 0 saturated carbocycles. The van der Waals surface area contributed by atoms with Gasteiger partial charge in [-0.1, -0.05) is 0 Å². The van der Waals surface area contributed by atoms with E-state index in [2.05, 4.69) is 15.0 Å². The van der Waals surface area contributed by atoms with Crippen LogP contribution in [0.15, 0.2) is 9.59 Å². The molecule has 0 radical (unpaired) electrons. The number of nitrogens with two attached hydrogens (primary N) is 1. The highest BCUT2D eigenvalue weighted by atomic mass is 16.6. The normalized spacial score (nSPS) is 29.3. The van der Waals surface area contributed by atoms with Crippen molar-refractivity contribution in [2.75, 3.05) is 12.3 Å². The van der Waals surface area contributed by atoms with E-state index in [0.717, 1.165) is 4.57 Å². The zero-order valence-corrected chi connectivity index (χ0v) is 10.6. The van der Waals surface area contributed by atoms with Gasteiger partial charge in [-0.2, -0.15) is 4.98 Å². The smallest absolute Gasteiger partial charge is 0.330 e. The molecule has 1 unspecified atom stereocenters. The highest BCUT2D eigenvalue weighted by Crippen LogP contribution is 2.29. The summed E-state index contributed by atoms with van der Waals surface area (Å²) in [6.45, 7) is -0.540. The SMILES string of the molecule is Nc1nc2c([nH]c(=O)n2[C@@H]2O[C@H](CO)C(O)[C@@H]2O)c(=O)[nH]1. The van der Waals surface area contributed by atoms with Crippen LogP contribution in [-0.2, 0) is 4.74 Å². The molecule has 11 nitrogen and oxygen atoms in total. The van der Waals surface area contributed by atoms with E-state index >= 15 is 0 Å². The van der Waals surface area contributed by atoms with Gasteiger partial charge in [-0.3, -0.25) is 14.8 Å². The quantitative estimate of drug-likeness (QED) is 0.332. The van der Waals surface area contributed by atoms with Crippen LogP contribution in [0.4, 0.5) is 5.95 Å². The van der Waals surface area contributed by atoms with Crippen molar-refractivity contribution in [3.8, 4) is 0 Å². The molecular weight excluding hydrogens is 286 g/mol. The molecule has 3 rings (SSSR count). The Morgan fingerprint density at radius 1 is 1.29 bits per heavy atom. The number of nitrogens with zero attached hydrogens (tertiary/aromatic N) is 2. The molecule has 1 aliphatic rings. The Morgan fingerprint density at radius 2 is 2.00 bits per heavy atom. The van der Waals surface area contributed by atoms with Gasteiger partial charge in [0, 0.05) is 0 Å². The van der Waals surface area contributed by atoms with Crippen LogP contribution < -0.4 is 17.0 Å². The van der Waals surface area contributed by atoms with E-state index in [9.17, 15) is 19.8 Å². The van der Waals surface area contributed by atoms with Crippen molar-refractivity contribution in [3.05, 3.63) is 20.8 Å². The molecule has 2 aromatic heterocycles. The number of imidazole rings is 1. The van der Waals surface area contributed by atoms with Crippen molar-refractivity contribution in [2.45, 2.75) is 24.5 Å². The van der Waals surface area contributed by atoms with Gasteiger partial charge in [0.1, 0.15) is 18.3 Å². The zero-order valence-electron chi connectivity index (χ0n) is 10.6. The van der Waals surface area contributed by atoms with E-state index in [1.807, 2.05) is 0 Å². The summed E-state index contributed by atoms with van der Waals surface area (Å²) in [5.41, 5.74) is 3.77. The Balaban J connectivity index is 2.20. The van der Waals surface area contributed by atoms with Gasteiger partial charge in [0.15, 0.2) is 17.4 Å². The molecule has 1 aliphatic heterocycles. The number of H-pyrrole nitrogens is 2. The van der Waals surface area contributed by atoms with Crippen molar-refractivity contribution in [3.63, 3.8) is 0 Å². The fraction of sp³-hybridized carbons (Fsp3) is 0.500. The molecule has 0 amide bonds. The molecular formula is C10H13N5O6. The number of nitrogens with one attached hydrogen (secondary N) is 2. The fourth-order valence-corrected chi connectivity index (χ4v) is 2.36. The van der Waals surface area contributed by atoms with E-state index in [0.29, 0.717) is 0 Å². The molecule has 21 heavy (non-hydrogen) atoms. The van der Waals surface area contributed by atoms with Crippen molar-refractivity contribution >= 4 is 17.1 Å². The molecule has 4 atom stereocenters. The van der Waals surface area contributed by atoms with E-state index in [4.69, 9.17) is 15.6 Å². The van der Waals surface area contributed by atoms with Crippen molar-refractivity contribution in [2.24, 2.45) is 0 Å². The van der Waals surface area contributed by atoms with E-state index in [1.54, 1.807) is 0 Å². The number of aliphatic hydroxyl groups is 3. The zero-order chi connectivity index (χ0) is 15.3. The monoisotopic (exact) mass is 299 g/mol. The van der Waals surface area contributed by atoms with Crippen LogP contribution in [0.25, 0.3) is 11.2 Å². The maximum Gasteiger partial charge on any atom is 0.330 e. The largest absolute Gasteiger partial charge is 0.394 e. The minimum absolute atomic E-state index is 0.115. The standard InChI is InChI=1S/C10H13N5O6/c11-9-13-6-3(7(19)14-9)12-10(20)15(6)8-5(18)4(17)2(1-16)21-8/h2,4-5,8,16-18H,1H2,(H,12,20)(H3,11,13,14,19)/t2-,4?,5+,8-/m1/s1. The van der Waals surface area contributed by atoms with Gasteiger partial charge in [0.2, 0.25) is 5.95 Å². The summed E-state index contributed by atoms with van der Waals surface area (Å²) < 4.78 is 6.13. The average Bonchev–Trinajstić information content (AvgIpc) is 2.89. The van der Waals surface area contributed by atoms with Crippen LogP contribution in [0.1, 0.15) is 6.23 Å². The first kappa shape index (κ1) is 13.8. The highest BCUT2D eigenvalue weighted by molar-refractivity contribution is 5.70. The van der Waals surface area contributed by atoms with Crippen molar-refractivity contribution < 1.29 is 20.1 Å². The first-order chi connectivity index (χ1) is 9.93. The number of anilines is 1. The third-order valence-electron chi connectivity index (χ3n) is 3.37. The minimum Gasteiger partial charge on any atom is -0.394 e. The van der Waals surface area contributed by atoms with Crippen LogP contribution >= 0.6 is 0 Å². The fourth-order valence-electron chi connectivity index (χ4n) is 2.36. The molecule has 3 heterocycles. The number of hydrogen-bond donors (Lipinski definition) is 6. The number of rotatable bonds is 2. The third kappa shape index (κ3) is 1.94. The predicted molar refractivity (Wildman–Crippen MR) is 68.4 cm³/mol. The summed E-state index contributed by atoms with van der Waals surface area (Å²) in [6, 6.07) is 0. The van der Waals surface area contributed by atoms with Gasteiger partial charge < -0.3 is 25.8 Å². The van der Waals surface area contributed by atoms with Crippen LogP contribution in [-0.4, -0.2) is 59.8 Å². The second-order valence-corrected chi connectivity index (χ2v) is 4.68. The minimum atomic E-state index is -1.47. The van der Waals surface area contributed by atoms with E-state index in [1.165, 1.54) is 0 Å². The number of nitrogen functional groups attached to an aromatic ring is 1. The molecule has 7 N–H and O–H groups in total. The number of fused-ring (bicyclic) bond motifs is 1. The van der Waals surface area contributed by atoms with Gasteiger partial charge in [0.05, 0.1) is 6.61 Å². The third-order valence-corrected chi connectivity index (χ3v) is 3.37. The molecule has 114 valence electrons. The van der Waals surface area contributed by atoms with Crippen LogP contribution in [0.2, 0.25) is 0 Å². The number of aromatic amines is 2. The Morgan fingerprint density at radius 3 is 2.62 bits per heavy atom. The topological polar surface area (TPSA) is 179 Å². The molecule has 0 spiro atoms. The molecule has 0 aromatic carbocycles. The second kappa shape index (κ2) is 4.66. The summed E-state index contributed by atoms with van der Waals surface area (Å²) in [6.07, 6.45) is -5.20. The lowest BCUT2D eigenvalue weighted by Gasteiger charge is -2.15. The summed E-state index contributed by atoms with van der Waals surface area (Å²) in [7, 11) is 0. The number of aromatic nitrogens is 4. The van der Waals surface area contributed by atoms with E-state index < -0.39 is 42.4 Å². The van der Waals surface area contributed by atoms with Gasteiger partial charge in [-0.15, -0.1) is 0 Å². The summed E-state index contributed by atoms with van der Waals surface area (Å²) in [5.74, 6) is -0.216. The number of hydrogen-bond acceptors (Lipinski definition) is 8. The molecule has 0 bridgehead atoms. The van der Waals surface area contributed by atoms with Gasteiger partial charge in [-0.25, -0.2) is 9.36 Å². The lowest BCUT2D eigenvalue weighted by atomic mass is 10.1. The Hall–Kier alpha value is -2.21. The summed E-state index contributed by atoms with van der Waals surface area (Å²) in [4.78, 5) is 32.0. The molecule has 1 saturated heterocycles. The Kier molecular flexibility index (Phi) is 3.06. The average molecular weight is 299 g/mol. The molecule has 1 fully saturated rings. The molecule has 2 aromatic rings. The van der Waals surface area contributed by atoms with Crippen LogP contribution in [0.3, 0.4) is 0 Å². The molecule has 11 heteroatoms. The lowest BCUT2D eigenvalue weighted by molar-refractivity contribution is -0.0524. The van der Waals surface area contributed by atoms with Gasteiger partial charge in [0.25, 0.3) is 5.56 Å². The van der Waals surface area contributed by atoms with Crippen molar-refractivity contribution in [1.29, 1.82) is 0 Å². The van der Waals surface area contributed by atoms with E-state index in [-0.39, 0.29) is 17.1 Å². The lowest BCUT2D eigenvalue weighted by Crippen LogP contribution is -2.35. The summed E-state index contributed by atoms with van der Waals surface area (Å²) in [5, 5.41) is 28.7. The maximum atomic E-state index is 12.0. The first-order valence-electron chi connectivity index (χ1n) is 6.06. The van der Waals surface area contributed by atoms with Crippen LogP contribution in [0.5, 0.6) is 0 Å². The maximum absolute atomic E-state index is 12.0. The molecule has 0 aliphatic carbocycles. The number of ether oxygens (including phenoxy) is 1. The Labute approximate surface area is 115 Å². The number of aliphatic hydroxyl groups excluding tert-OH is 3.